The normalized spacial score (nSPS) is 10.2. The minimum absolute atomic E-state index is 0.169. The number of ether oxygens (including phenoxy) is 1. The molecule has 2 aromatic carbocycles. The number of rotatable bonds is 5. The lowest BCUT2D eigenvalue weighted by Crippen LogP contribution is -2.13. The average Bonchev–Trinajstić information content (AvgIpc) is 2.50. The number of benzene rings is 2. The lowest BCUT2D eigenvalue weighted by Gasteiger charge is -2.14. The fraction of sp³-hybridized carbons (Fsp3) is 0.176. The Morgan fingerprint density at radius 2 is 1.83 bits per heavy atom. The minimum atomic E-state index is -0.306. The van der Waals surface area contributed by atoms with Gasteiger partial charge in [-0.3, -0.25) is 9.59 Å². The van der Waals surface area contributed by atoms with Crippen molar-refractivity contribution in [1.82, 2.24) is 0 Å². The Balaban J connectivity index is 2.21. The molecule has 0 aliphatic carbocycles. The van der Waals surface area contributed by atoms with Crippen molar-refractivity contribution in [1.29, 1.82) is 0 Å². The molecular formula is C17H16BrClN2O3. The molecule has 0 saturated heterocycles. The largest absolute Gasteiger partial charge is 0.491 e. The van der Waals surface area contributed by atoms with Gasteiger partial charge in [0.1, 0.15) is 0 Å². The summed E-state index contributed by atoms with van der Waals surface area (Å²) in [5, 5.41) is 5.91. The van der Waals surface area contributed by atoms with Crippen LogP contribution in [0.1, 0.15) is 24.2 Å². The van der Waals surface area contributed by atoms with Crippen LogP contribution in [0.15, 0.2) is 40.9 Å². The summed E-state index contributed by atoms with van der Waals surface area (Å²) in [6, 6.07) is 9.90. The minimum Gasteiger partial charge on any atom is -0.491 e. The third-order valence-electron chi connectivity index (χ3n) is 3.01. The van der Waals surface area contributed by atoms with Crippen molar-refractivity contribution in [3.8, 4) is 5.75 Å². The van der Waals surface area contributed by atoms with E-state index in [1.807, 2.05) is 6.92 Å². The molecule has 2 N–H and O–H groups in total. The smallest absolute Gasteiger partial charge is 0.255 e. The maximum Gasteiger partial charge on any atom is 0.255 e. The first kappa shape index (κ1) is 18.3. The molecule has 0 aromatic heterocycles. The average molecular weight is 412 g/mol. The molecule has 0 atom stereocenters. The predicted molar refractivity (Wildman–Crippen MR) is 99.0 cm³/mol. The van der Waals surface area contributed by atoms with E-state index in [1.165, 1.54) is 6.92 Å². The molecule has 24 heavy (non-hydrogen) atoms. The van der Waals surface area contributed by atoms with Crippen LogP contribution in [0.3, 0.4) is 0 Å². The fourth-order valence-corrected chi connectivity index (χ4v) is 2.97. The maximum absolute atomic E-state index is 12.4. The number of amides is 2. The number of hydrogen-bond donors (Lipinski definition) is 2. The van der Waals surface area contributed by atoms with E-state index in [-0.39, 0.29) is 11.8 Å². The van der Waals surface area contributed by atoms with E-state index in [1.54, 1.807) is 36.4 Å². The quantitative estimate of drug-likeness (QED) is 0.748. The van der Waals surface area contributed by atoms with E-state index in [2.05, 4.69) is 26.6 Å². The molecule has 0 aliphatic rings. The third kappa shape index (κ3) is 4.72. The monoisotopic (exact) mass is 410 g/mol. The first-order valence-corrected chi connectivity index (χ1v) is 8.38. The Morgan fingerprint density at radius 1 is 1.17 bits per heavy atom. The Labute approximate surface area is 153 Å². The number of nitrogens with one attached hydrogen (secondary N) is 2. The molecule has 7 heteroatoms. The Hall–Kier alpha value is -2.05. The number of halogens is 2. The molecule has 5 nitrogen and oxygen atoms in total. The van der Waals surface area contributed by atoms with Crippen molar-refractivity contribution in [3.05, 3.63) is 51.5 Å². The van der Waals surface area contributed by atoms with Crippen LogP contribution >= 0.6 is 27.5 Å². The number of carbonyl (C=O) groups is 2. The van der Waals surface area contributed by atoms with Crippen LogP contribution in [0.4, 0.5) is 11.4 Å². The van der Waals surface area contributed by atoms with Crippen LogP contribution in [0, 0.1) is 0 Å². The maximum atomic E-state index is 12.4. The second-order valence-corrected chi connectivity index (χ2v) is 6.20. The highest BCUT2D eigenvalue weighted by molar-refractivity contribution is 9.10. The SMILES string of the molecule is CCOc1c(Br)cc(Cl)cc1NC(=O)c1ccc(NC(C)=O)cc1. The molecule has 2 aromatic rings. The van der Waals surface area contributed by atoms with Crippen molar-refractivity contribution in [2.24, 2.45) is 0 Å². The van der Waals surface area contributed by atoms with E-state index < -0.39 is 0 Å². The van der Waals surface area contributed by atoms with Gasteiger partial charge < -0.3 is 15.4 Å². The van der Waals surface area contributed by atoms with Crippen molar-refractivity contribution >= 4 is 50.7 Å². The summed E-state index contributed by atoms with van der Waals surface area (Å²) in [7, 11) is 0. The van der Waals surface area contributed by atoms with Crippen LogP contribution in [0.5, 0.6) is 5.75 Å². The molecule has 2 rings (SSSR count). The summed E-state index contributed by atoms with van der Waals surface area (Å²) in [6.45, 7) is 3.73. The highest BCUT2D eigenvalue weighted by atomic mass is 79.9. The predicted octanol–water partition coefficient (Wildman–Crippen LogP) is 4.71. The van der Waals surface area contributed by atoms with Crippen LogP contribution in [-0.2, 0) is 4.79 Å². The van der Waals surface area contributed by atoms with Crippen LogP contribution < -0.4 is 15.4 Å². The lowest BCUT2D eigenvalue weighted by molar-refractivity contribution is -0.114. The molecule has 126 valence electrons. The van der Waals surface area contributed by atoms with E-state index in [0.29, 0.717) is 38.8 Å². The van der Waals surface area contributed by atoms with Crippen LogP contribution in [0.25, 0.3) is 0 Å². The first-order valence-electron chi connectivity index (χ1n) is 7.21. The summed E-state index contributed by atoms with van der Waals surface area (Å²) in [5.74, 6) is 0.0435. The first-order chi connectivity index (χ1) is 11.4. The zero-order valence-corrected chi connectivity index (χ0v) is 15.5. The zero-order chi connectivity index (χ0) is 17.7. The number of carbonyl (C=O) groups excluding carboxylic acids is 2. The number of hydrogen-bond acceptors (Lipinski definition) is 3. The molecular weight excluding hydrogens is 396 g/mol. The van der Waals surface area contributed by atoms with Gasteiger partial charge in [-0.2, -0.15) is 0 Å². The standard InChI is InChI=1S/C17H16BrClN2O3/c1-3-24-16-14(18)8-12(19)9-15(16)21-17(23)11-4-6-13(7-5-11)20-10(2)22/h4-9H,3H2,1-2H3,(H,20,22)(H,21,23). The summed E-state index contributed by atoms with van der Waals surface area (Å²) in [5.41, 5.74) is 1.55. The molecule has 0 spiro atoms. The van der Waals surface area contributed by atoms with Gasteiger partial charge in [-0.25, -0.2) is 0 Å². The molecule has 2 amide bonds. The highest BCUT2D eigenvalue weighted by Crippen LogP contribution is 2.36. The van der Waals surface area contributed by atoms with E-state index >= 15 is 0 Å². The van der Waals surface area contributed by atoms with Crippen molar-refractivity contribution in [2.45, 2.75) is 13.8 Å². The van der Waals surface area contributed by atoms with Crippen molar-refractivity contribution in [3.63, 3.8) is 0 Å². The molecule has 0 radical (unpaired) electrons. The zero-order valence-electron chi connectivity index (χ0n) is 13.2. The second-order valence-electron chi connectivity index (χ2n) is 4.91. The lowest BCUT2D eigenvalue weighted by atomic mass is 10.2. The Kier molecular flexibility index (Phi) is 6.23. The highest BCUT2D eigenvalue weighted by Gasteiger charge is 2.14. The van der Waals surface area contributed by atoms with Gasteiger partial charge in [-0.1, -0.05) is 11.6 Å². The molecule has 0 saturated carbocycles. The van der Waals surface area contributed by atoms with Crippen molar-refractivity contribution in [2.75, 3.05) is 17.2 Å². The van der Waals surface area contributed by atoms with Gasteiger partial charge in [0.2, 0.25) is 5.91 Å². The van der Waals surface area contributed by atoms with Gasteiger partial charge >= 0.3 is 0 Å². The third-order valence-corrected chi connectivity index (χ3v) is 3.82. The molecule has 0 aliphatic heterocycles. The fourth-order valence-electron chi connectivity index (χ4n) is 2.05. The number of anilines is 2. The molecule has 0 unspecified atom stereocenters. The van der Waals surface area contributed by atoms with E-state index in [9.17, 15) is 9.59 Å². The molecule has 0 fully saturated rings. The van der Waals surface area contributed by atoms with Crippen LogP contribution in [-0.4, -0.2) is 18.4 Å². The van der Waals surface area contributed by atoms with Crippen molar-refractivity contribution < 1.29 is 14.3 Å². The molecule has 0 heterocycles. The van der Waals surface area contributed by atoms with Gasteiger partial charge in [0.25, 0.3) is 5.91 Å². The van der Waals surface area contributed by atoms with Gasteiger partial charge in [-0.05, 0) is 59.3 Å². The molecule has 0 bridgehead atoms. The summed E-state index contributed by atoms with van der Waals surface area (Å²) >= 11 is 9.42. The summed E-state index contributed by atoms with van der Waals surface area (Å²) in [6.07, 6.45) is 0. The summed E-state index contributed by atoms with van der Waals surface area (Å²) in [4.78, 5) is 23.4. The Morgan fingerprint density at radius 3 is 2.42 bits per heavy atom. The van der Waals surface area contributed by atoms with E-state index in [4.69, 9.17) is 16.3 Å². The summed E-state index contributed by atoms with van der Waals surface area (Å²) < 4.78 is 6.22. The van der Waals surface area contributed by atoms with Gasteiger partial charge in [0.05, 0.1) is 16.8 Å². The van der Waals surface area contributed by atoms with Gasteiger partial charge in [-0.15, -0.1) is 0 Å². The van der Waals surface area contributed by atoms with Crippen LogP contribution in [0.2, 0.25) is 5.02 Å². The Bertz CT molecular complexity index is 763. The second kappa shape index (κ2) is 8.17. The van der Waals surface area contributed by atoms with E-state index in [0.717, 1.165) is 0 Å². The topological polar surface area (TPSA) is 67.4 Å². The van der Waals surface area contributed by atoms with Gasteiger partial charge in [0, 0.05) is 23.2 Å². The van der Waals surface area contributed by atoms with Gasteiger partial charge in [0.15, 0.2) is 5.75 Å².